The molecule has 2 heterocycles. The second kappa shape index (κ2) is 9.13. The summed E-state index contributed by atoms with van der Waals surface area (Å²) in [6.45, 7) is 6.03. The summed E-state index contributed by atoms with van der Waals surface area (Å²) < 4.78 is 10.1. The maximum atomic E-state index is 12.9. The molecule has 1 fully saturated rings. The Balaban J connectivity index is 1.77. The zero-order valence-electron chi connectivity index (χ0n) is 17.5. The molecular weight excluding hydrogens is 370 g/mol. The minimum atomic E-state index is -0.441. The van der Waals surface area contributed by atoms with Gasteiger partial charge in [0, 0.05) is 12.2 Å². The SMILES string of the molecule is COC(=O)c1c(C)[nH]c(C(=O)NCC(c2ccc(OC)cc2)N2CCCC2)c1C. The number of H-pyrrole nitrogens is 1. The highest BCUT2D eigenvalue weighted by molar-refractivity contribution is 6.00. The van der Waals surface area contributed by atoms with E-state index in [0.29, 0.717) is 29.1 Å². The fourth-order valence-corrected chi connectivity index (χ4v) is 4.00. The third kappa shape index (κ3) is 4.45. The van der Waals surface area contributed by atoms with Crippen LogP contribution < -0.4 is 10.1 Å². The summed E-state index contributed by atoms with van der Waals surface area (Å²) in [5.74, 6) is 0.146. The van der Waals surface area contributed by atoms with E-state index in [4.69, 9.17) is 9.47 Å². The number of aromatic nitrogens is 1. The van der Waals surface area contributed by atoms with Crippen LogP contribution in [0.5, 0.6) is 5.75 Å². The average Bonchev–Trinajstić information content (AvgIpc) is 3.36. The number of hydrogen-bond acceptors (Lipinski definition) is 5. The van der Waals surface area contributed by atoms with Crippen LogP contribution in [0.25, 0.3) is 0 Å². The Morgan fingerprint density at radius 1 is 1.14 bits per heavy atom. The molecule has 0 bridgehead atoms. The number of aryl methyl sites for hydroxylation is 1. The molecule has 29 heavy (non-hydrogen) atoms. The van der Waals surface area contributed by atoms with Crippen molar-refractivity contribution < 1.29 is 19.1 Å². The molecule has 0 saturated carbocycles. The molecule has 7 nitrogen and oxygen atoms in total. The van der Waals surface area contributed by atoms with Crippen LogP contribution in [0.3, 0.4) is 0 Å². The molecule has 1 amide bonds. The van der Waals surface area contributed by atoms with Crippen molar-refractivity contribution in [3.05, 3.63) is 52.3 Å². The minimum absolute atomic E-state index is 0.0869. The lowest BCUT2D eigenvalue weighted by atomic mass is 10.0. The zero-order chi connectivity index (χ0) is 21.0. The van der Waals surface area contributed by atoms with Crippen LogP contribution in [0.2, 0.25) is 0 Å². The number of nitrogens with zero attached hydrogens (tertiary/aromatic N) is 1. The van der Waals surface area contributed by atoms with Crippen molar-refractivity contribution in [2.24, 2.45) is 0 Å². The van der Waals surface area contributed by atoms with Gasteiger partial charge in [0.15, 0.2) is 0 Å². The molecule has 156 valence electrons. The van der Waals surface area contributed by atoms with E-state index in [1.54, 1.807) is 21.0 Å². The van der Waals surface area contributed by atoms with Crippen molar-refractivity contribution in [2.45, 2.75) is 32.7 Å². The standard InChI is InChI=1S/C22H29N3O4/c1-14-19(22(27)29-4)15(2)24-20(14)21(26)23-13-18(25-11-5-6-12-25)16-7-9-17(28-3)10-8-16/h7-10,18,24H,5-6,11-13H2,1-4H3,(H,23,26). The Bertz CT molecular complexity index is 867. The fourth-order valence-electron chi connectivity index (χ4n) is 4.00. The molecule has 2 N–H and O–H groups in total. The second-order valence-corrected chi connectivity index (χ2v) is 7.36. The zero-order valence-corrected chi connectivity index (χ0v) is 17.5. The van der Waals surface area contributed by atoms with E-state index in [0.717, 1.165) is 37.2 Å². The Labute approximate surface area is 171 Å². The van der Waals surface area contributed by atoms with Gasteiger partial charge in [0.25, 0.3) is 5.91 Å². The van der Waals surface area contributed by atoms with Crippen molar-refractivity contribution in [3.8, 4) is 5.75 Å². The summed E-state index contributed by atoms with van der Waals surface area (Å²) in [6.07, 6.45) is 2.33. The van der Waals surface area contributed by atoms with Gasteiger partial charge in [0.05, 0.1) is 25.8 Å². The molecule has 2 aromatic rings. The lowest BCUT2D eigenvalue weighted by Crippen LogP contribution is -2.37. The maximum Gasteiger partial charge on any atom is 0.339 e. The van der Waals surface area contributed by atoms with Crippen molar-refractivity contribution in [1.29, 1.82) is 0 Å². The topological polar surface area (TPSA) is 83.7 Å². The van der Waals surface area contributed by atoms with Gasteiger partial charge in [0.2, 0.25) is 0 Å². The molecule has 0 aliphatic carbocycles. The van der Waals surface area contributed by atoms with Crippen LogP contribution in [0, 0.1) is 13.8 Å². The van der Waals surface area contributed by atoms with Gasteiger partial charge in [-0.2, -0.15) is 0 Å². The molecule has 1 aliphatic heterocycles. The number of methoxy groups -OCH3 is 2. The minimum Gasteiger partial charge on any atom is -0.497 e. The highest BCUT2D eigenvalue weighted by Gasteiger charge is 2.26. The lowest BCUT2D eigenvalue weighted by Gasteiger charge is -2.28. The average molecular weight is 399 g/mol. The summed E-state index contributed by atoms with van der Waals surface area (Å²) in [6, 6.07) is 8.08. The number of rotatable bonds is 7. The first-order valence-corrected chi connectivity index (χ1v) is 9.90. The molecule has 1 atom stereocenters. The van der Waals surface area contributed by atoms with E-state index in [2.05, 4.69) is 15.2 Å². The highest BCUT2D eigenvalue weighted by Crippen LogP contribution is 2.26. The van der Waals surface area contributed by atoms with Crippen LogP contribution in [-0.4, -0.2) is 55.6 Å². The molecule has 1 aliphatic rings. The van der Waals surface area contributed by atoms with Crippen molar-refractivity contribution in [1.82, 2.24) is 15.2 Å². The van der Waals surface area contributed by atoms with Crippen LogP contribution in [0.15, 0.2) is 24.3 Å². The predicted octanol–water partition coefficient (Wildman–Crippen LogP) is 2.99. The Morgan fingerprint density at radius 3 is 2.38 bits per heavy atom. The van der Waals surface area contributed by atoms with Gasteiger partial charge in [-0.3, -0.25) is 9.69 Å². The van der Waals surface area contributed by atoms with Crippen LogP contribution in [-0.2, 0) is 4.74 Å². The first-order valence-electron chi connectivity index (χ1n) is 9.90. The third-order valence-corrected chi connectivity index (χ3v) is 5.59. The number of hydrogen-bond donors (Lipinski definition) is 2. The quantitative estimate of drug-likeness (QED) is 0.700. The van der Waals surface area contributed by atoms with E-state index in [9.17, 15) is 9.59 Å². The lowest BCUT2D eigenvalue weighted by molar-refractivity contribution is 0.0599. The third-order valence-electron chi connectivity index (χ3n) is 5.59. The maximum absolute atomic E-state index is 12.9. The van der Waals surface area contributed by atoms with E-state index in [-0.39, 0.29) is 11.9 Å². The van der Waals surface area contributed by atoms with Gasteiger partial charge in [0.1, 0.15) is 11.4 Å². The van der Waals surface area contributed by atoms with Gasteiger partial charge in [-0.05, 0) is 63.0 Å². The summed E-state index contributed by atoms with van der Waals surface area (Å²) >= 11 is 0. The first-order chi connectivity index (χ1) is 14.0. The summed E-state index contributed by atoms with van der Waals surface area (Å²) in [7, 11) is 2.99. The van der Waals surface area contributed by atoms with Crippen molar-refractivity contribution >= 4 is 11.9 Å². The van der Waals surface area contributed by atoms with E-state index < -0.39 is 5.97 Å². The van der Waals surface area contributed by atoms with Crippen LogP contribution in [0.4, 0.5) is 0 Å². The number of amides is 1. The van der Waals surface area contributed by atoms with Crippen molar-refractivity contribution in [3.63, 3.8) is 0 Å². The Hall–Kier alpha value is -2.80. The molecule has 3 rings (SSSR count). The number of esters is 1. The number of benzene rings is 1. The number of carbonyl (C=O) groups excluding carboxylic acids is 2. The molecule has 0 spiro atoms. The van der Waals surface area contributed by atoms with Gasteiger partial charge in [-0.1, -0.05) is 12.1 Å². The van der Waals surface area contributed by atoms with Gasteiger partial charge in [-0.15, -0.1) is 0 Å². The number of likely N-dealkylation sites (tertiary alicyclic amines) is 1. The molecule has 1 aromatic heterocycles. The summed E-state index contributed by atoms with van der Waals surface area (Å²) in [5, 5.41) is 3.05. The number of carbonyl (C=O) groups is 2. The highest BCUT2D eigenvalue weighted by atomic mass is 16.5. The normalized spacial score (nSPS) is 15.2. The number of aromatic amines is 1. The Kier molecular flexibility index (Phi) is 6.59. The molecule has 1 saturated heterocycles. The van der Waals surface area contributed by atoms with E-state index >= 15 is 0 Å². The summed E-state index contributed by atoms with van der Waals surface area (Å²) in [5.41, 5.74) is 3.20. The monoisotopic (exact) mass is 399 g/mol. The van der Waals surface area contributed by atoms with Crippen molar-refractivity contribution in [2.75, 3.05) is 33.9 Å². The second-order valence-electron chi connectivity index (χ2n) is 7.36. The Morgan fingerprint density at radius 2 is 1.79 bits per heavy atom. The molecule has 0 radical (unpaired) electrons. The summed E-state index contributed by atoms with van der Waals surface area (Å²) in [4.78, 5) is 30.3. The largest absolute Gasteiger partial charge is 0.497 e. The first kappa shape index (κ1) is 20.9. The number of ether oxygens (including phenoxy) is 2. The van der Waals surface area contributed by atoms with E-state index in [1.807, 2.05) is 24.3 Å². The van der Waals surface area contributed by atoms with E-state index in [1.165, 1.54) is 7.11 Å². The molecular formula is C22H29N3O4. The molecule has 1 unspecified atom stereocenters. The fraction of sp³-hybridized carbons (Fsp3) is 0.455. The van der Waals surface area contributed by atoms with Crippen LogP contribution in [0.1, 0.15) is 56.6 Å². The van der Waals surface area contributed by atoms with Gasteiger partial charge >= 0.3 is 5.97 Å². The molecule has 1 aromatic carbocycles. The predicted molar refractivity (Wildman–Crippen MR) is 110 cm³/mol. The van der Waals surface area contributed by atoms with Gasteiger partial charge in [-0.25, -0.2) is 4.79 Å². The van der Waals surface area contributed by atoms with Crippen LogP contribution >= 0.6 is 0 Å². The molecule has 7 heteroatoms. The smallest absolute Gasteiger partial charge is 0.339 e. The van der Waals surface area contributed by atoms with Gasteiger partial charge < -0.3 is 19.8 Å². The number of nitrogens with one attached hydrogen (secondary N) is 2.